The summed E-state index contributed by atoms with van der Waals surface area (Å²) in [5, 5.41) is 2.98. The van der Waals surface area contributed by atoms with Crippen molar-refractivity contribution in [2.24, 2.45) is 0 Å². The van der Waals surface area contributed by atoms with Crippen molar-refractivity contribution in [3.8, 4) is 11.4 Å². The number of pyridine rings is 1. The monoisotopic (exact) mass is 362 g/mol. The second kappa shape index (κ2) is 7.45. The summed E-state index contributed by atoms with van der Waals surface area (Å²) < 4.78 is 1.64. The first-order chi connectivity index (χ1) is 13.2. The van der Waals surface area contributed by atoms with Crippen LogP contribution in [0.15, 0.2) is 53.8 Å². The standard InChI is InChI=1S/C19H18N6O2/c26-17-11-16(13-7-9-20-12-22-13)23-18-14(5-2-4-10-25(17)18)24-19(27)15-6-1-3-8-21-15/h1,3,6-9,11-12,14H,2,4-5,10H2,(H,24,27). The molecule has 0 aliphatic carbocycles. The van der Waals surface area contributed by atoms with Crippen LogP contribution >= 0.6 is 0 Å². The highest BCUT2D eigenvalue weighted by Crippen LogP contribution is 2.24. The highest BCUT2D eigenvalue weighted by Gasteiger charge is 2.24. The summed E-state index contributed by atoms with van der Waals surface area (Å²) in [6.45, 7) is 0.585. The molecule has 0 radical (unpaired) electrons. The van der Waals surface area contributed by atoms with Crippen molar-refractivity contribution in [2.45, 2.75) is 31.8 Å². The second-order valence-electron chi connectivity index (χ2n) is 6.32. The highest BCUT2D eigenvalue weighted by atomic mass is 16.2. The Balaban J connectivity index is 1.72. The van der Waals surface area contributed by atoms with Gasteiger partial charge in [0.2, 0.25) is 0 Å². The Bertz CT molecular complexity index is 1000. The summed E-state index contributed by atoms with van der Waals surface area (Å²) in [5.41, 5.74) is 1.24. The maximum atomic E-state index is 12.7. The van der Waals surface area contributed by atoms with Crippen molar-refractivity contribution >= 4 is 5.91 Å². The number of fused-ring (bicyclic) bond motifs is 1. The van der Waals surface area contributed by atoms with Crippen LogP contribution < -0.4 is 10.9 Å². The van der Waals surface area contributed by atoms with Crippen molar-refractivity contribution in [1.82, 2.24) is 29.8 Å². The van der Waals surface area contributed by atoms with Crippen LogP contribution in [0.4, 0.5) is 0 Å². The van der Waals surface area contributed by atoms with E-state index in [0.29, 0.717) is 35.9 Å². The Morgan fingerprint density at radius 2 is 2.04 bits per heavy atom. The molecule has 0 saturated heterocycles. The summed E-state index contributed by atoms with van der Waals surface area (Å²) in [6, 6.07) is 8.00. The Morgan fingerprint density at radius 1 is 1.11 bits per heavy atom. The maximum Gasteiger partial charge on any atom is 0.270 e. The van der Waals surface area contributed by atoms with Gasteiger partial charge in [-0.15, -0.1) is 0 Å². The summed E-state index contributed by atoms with van der Waals surface area (Å²) in [7, 11) is 0. The van der Waals surface area contributed by atoms with Crippen LogP contribution in [-0.2, 0) is 6.54 Å². The van der Waals surface area contributed by atoms with Gasteiger partial charge >= 0.3 is 0 Å². The van der Waals surface area contributed by atoms with Gasteiger partial charge < -0.3 is 5.32 Å². The Kier molecular flexibility index (Phi) is 4.69. The number of carbonyl (C=O) groups is 1. The molecule has 0 fully saturated rings. The van der Waals surface area contributed by atoms with Crippen molar-refractivity contribution in [2.75, 3.05) is 0 Å². The summed E-state index contributed by atoms with van der Waals surface area (Å²) >= 11 is 0. The average Bonchev–Trinajstić information content (AvgIpc) is 2.92. The predicted molar refractivity (Wildman–Crippen MR) is 97.8 cm³/mol. The minimum Gasteiger partial charge on any atom is -0.341 e. The summed E-state index contributed by atoms with van der Waals surface area (Å²) in [5.74, 6) is 0.272. The second-order valence-corrected chi connectivity index (χ2v) is 6.32. The van der Waals surface area contributed by atoms with Gasteiger partial charge in [0, 0.05) is 25.0 Å². The number of aromatic nitrogens is 5. The van der Waals surface area contributed by atoms with Gasteiger partial charge in [0.25, 0.3) is 11.5 Å². The van der Waals surface area contributed by atoms with E-state index < -0.39 is 0 Å². The van der Waals surface area contributed by atoms with Gasteiger partial charge in [-0.05, 0) is 37.5 Å². The van der Waals surface area contributed by atoms with Gasteiger partial charge in [-0.2, -0.15) is 0 Å². The third kappa shape index (κ3) is 3.59. The zero-order valence-electron chi connectivity index (χ0n) is 14.6. The lowest BCUT2D eigenvalue weighted by molar-refractivity contribution is 0.0927. The fraction of sp³-hybridized carbons (Fsp3) is 0.263. The molecule has 136 valence electrons. The molecule has 8 heteroatoms. The molecule has 0 aromatic carbocycles. The van der Waals surface area contributed by atoms with E-state index in [1.807, 2.05) is 0 Å². The van der Waals surface area contributed by atoms with E-state index in [-0.39, 0.29) is 17.5 Å². The molecule has 0 spiro atoms. The highest BCUT2D eigenvalue weighted by molar-refractivity contribution is 5.92. The zero-order chi connectivity index (χ0) is 18.6. The van der Waals surface area contributed by atoms with E-state index in [4.69, 9.17) is 0 Å². The zero-order valence-corrected chi connectivity index (χ0v) is 14.6. The van der Waals surface area contributed by atoms with Gasteiger partial charge in [0.1, 0.15) is 17.8 Å². The van der Waals surface area contributed by atoms with E-state index in [0.717, 1.165) is 12.8 Å². The molecule has 1 N–H and O–H groups in total. The van der Waals surface area contributed by atoms with Crippen LogP contribution in [0.1, 0.15) is 41.6 Å². The fourth-order valence-electron chi connectivity index (χ4n) is 3.20. The van der Waals surface area contributed by atoms with E-state index in [1.54, 1.807) is 41.2 Å². The van der Waals surface area contributed by atoms with E-state index in [1.165, 1.54) is 12.4 Å². The lowest BCUT2D eigenvalue weighted by atomic mass is 10.1. The van der Waals surface area contributed by atoms with E-state index >= 15 is 0 Å². The molecule has 3 aromatic rings. The van der Waals surface area contributed by atoms with E-state index in [2.05, 4.69) is 25.3 Å². The lowest BCUT2D eigenvalue weighted by Crippen LogP contribution is -2.34. The van der Waals surface area contributed by atoms with Gasteiger partial charge in [-0.25, -0.2) is 15.0 Å². The number of hydrogen-bond donors (Lipinski definition) is 1. The Labute approximate surface area is 155 Å². The van der Waals surface area contributed by atoms with Crippen molar-refractivity contribution in [3.05, 3.63) is 70.9 Å². The molecule has 1 aliphatic heterocycles. The van der Waals surface area contributed by atoms with E-state index in [9.17, 15) is 9.59 Å². The average molecular weight is 362 g/mol. The molecule has 4 heterocycles. The third-order valence-corrected chi connectivity index (χ3v) is 4.52. The minimum absolute atomic E-state index is 0.146. The normalized spacial score (nSPS) is 16.2. The molecule has 1 unspecified atom stereocenters. The van der Waals surface area contributed by atoms with Gasteiger partial charge in [-0.3, -0.25) is 19.1 Å². The van der Waals surface area contributed by atoms with Crippen LogP contribution in [0.3, 0.4) is 0 Å². The molecular formula is C19H18N6O2. The number of carbonyl (C=O) groups excluding carboxylic acids is 1. The van der Waals surface area contributed by atoms with Crippen molar-refractivity contribution in [1.29, 1.82) is 0 Å². The predicted octanol–water partition coefficient (Wildman–Crippen LogP) is 1.75. The molecule has 1 atom stereocenters. The number of rotatable bonds is 3. The van der Waals surface area contributed by atoms with Gasteiger partial charge in [0.05, 0.1) is 17.4 Å². The molecule has 1 amide bonds. The molecule has 8 nitrogen and oxygen atoms in total. The summed E-state index contributed by atoms with van der Waals surface area (Å²) in [4.78, 5) is 42.1. The van der Waals surface area contributed by atoms with Crippen molar-refractivity contribution in [3.63, 3.8) is 0 Å². The van der Waals surface area contributed by atoms with Crippen LogP contribution in [0.2, 0.25) is 0 Å². The number of hydrogen-bond acceptors (Lipinski definition) is 6. The van der Waals surface area contributed by atoms with Crippen LogP contribution in [-0.4, -0.2) is 30.4 Å². The molecule has 0 bridgehead atoms. The lowest BCUT2D eigenvalue weighted by Gasteiger charge is -2.19. The molecule has 1 aliphatic rings. The molecular weight excluding hydrogens is 344 g/mol. The number of nitrogens with one attached hydrogen (secondary N) is 1. The summed E-state index contributed by atoms with van der Waals surface area (Å²) in [6.07, 6.45) is 7.05. The fourth-order valence-corrected chi connectivity index (χ4v) is 3.20. The van der Waals surface area contributed by atoms with Gasteiger partial charge in [0.15, 0.2) is 0 Å². The van der Waals surface area contributed by atoms with Crippen LogP contribution in [0.5, 0.6) is 0 Å². The van der Waals surface area contributed by atoms with Crippen molar-refractivity contribution < 1.29 is 4.79 Å². The first kappa shape index (κ1) is 17.0. The molecule has 4 rings (SSSR count). The third-order valence-electron chi connectivity index (χ3n) is 4.52. The number of nitrogens with zero attached hydrogens (tertiary/aromatic N) is 5. The smallest absolute Gasteiger partial charge is 0.270 e. The molecule has 0 saturated carbocycles. The first-order valence-corrected chi connectivity index (χ1v) is 8.82. The molecule has 3 aromatic heterocycles. The molecule has 27 heavy (non-hydrogen) atoms. The Hall–Kier alpha value is -3.42. The number of amides is 1. The van der Waals surface area contributed by atoms with Gasteiger partial charge in [-0.1, -0.05) is 6.07 Å². The van der Waals surface area contributed by atoms with Crippen LogP contribution in [0.25, 0.3) is 11.4 Å². The SMILES string of the molecule is O=C(NC1CCCCn2c1nc(-c1ccncn1)cc2=O)c1ccccn1. The quantitative estimate of drug-likeness (QED) is 0.761. The first-order valence-electron chi connectivity index (χ1n) is 8.82. The topological polar surface area (TPSA) is 103 Å². The Morgan fingerprint density at radius 3 is 2.81 bits per heavy atom. The minimum atomic E-state index is -0.364. The van der Waals surface area contributed by atoms with Crippen LogP contribution in [0, 0.1) is 0 Å². The largest absolute Gasteiger partial charge is 0.341 e. The maximum absolute atomic E-state index is 12.7.